The van der Waals surface area contributed by atoms with Gasteiger partial charge in [-0.05, 0) is 29.1 Å². The molecule has 0 unspecified atom stereocenters. The molecule has 2 N–H and O–H groups in total. The van der Waals surface area contributed by atoms with Gasteiger partial charge in [-0.15, -0.1) is 23.7 Å². The van der Waals surface area contributed by atoms with Crippen molar-refractivity contribution in [2.45, 2.75) is 6.04 Å². The van der Waals surface area contributed by atoms with Crippen LogP contribution in [0, 0.1) is 5.82 Å². The van der Waals surface area contributed by atoms with Crippen LogP contribution in [0.3, 0.4) is 0 Å². The van der Waals surface area contributed by atoms with Crippen molar-refractivity contribution in [2.24, 2.45) is 0 Å². The lowest BCUT2D eigenvalue weighted by molar-refractivity contribution is 0.200. The number of phenols is 1. The van der Waals surface area contributed by atoms with Crippen LogP contribution in [0.5, 0.6) is 5.75 Å². The van der Waals surface area contributed by atoms with Crippen LogP contribution in [0.25, 0.3) is 0 Å². The molecule has 114 valence electrons. The van der Waals surface area contributed by atoms with E-state index >= 15 is 0 Å². The highest BCUT2D eigenvalue weighted by Gasteiger charge is 2.25. The number of piperazine rings is 1. The molecule has 0 amide bonds. The molecule has 6 heteroatoms. The van der Waals surface area contributed by atoms with Crippen molar-refractivity contribution >= 4 is 23.7 Å². The first-order valence-corrected chi connectivity index (χ1v) is 7.60. The minimum atomic E-state index is -0.556. The Balaban J connectivity index is 0.00000161. The molecule has 1 saturated heterocycles. The molecule has 1 aromatic heterocycles. The van der Waals surface area contributed by atoms with Crippen molar-refractivity contribution in [1.29, 1.82) is 0 Å². The predicted molar refractivity (Wildman–Crippen MR) is 85.9 cm³/mol. The zero-order valence-electron chi connectivity index (χ0n) is 11.5. The molecular weight excluding hydrogens is 311 g/mol. The summed E-state index contributed by atoms with van der Waals surface area (Å²) in [4.78, 5) is 3.56. The van der Waals surface area contributed by atoms with E-state index in [9.17, 15) is 9.50 Å². The molecule has 0 bridgehead atoms. The summed E-state index contributed by atoms with van der Waals surface area (Å²) in [6.45, 7) is 3.76. The van der Waals surface area contributed by atoms with E-state index in [4.69, 9.17) is 0 Å². The Bertz CT molecular complexity index is 573. The lowest BCUT2D eigenvalue weighted by atomic mass is 10.0. The van der Waals surface area contributed by atoms with Crippen molar-refractivity contribution in [3.63, 3.8) is 0 Å². The smallest absolute Gasteiger partial charge is 0.165 e. The van der Waals surface area contributed by atoms with E-state index in [-0.39, 0.29) is 24.2 Å². The molecule has 0 radical (unpaired) electrons. The van der Waals surface area contributed by atoms with Crippen LogP contribution in [0.2, 0.25) is 0 Å². The fourth-order valence-corrected chi connectivity index (χ4v) is 3.52. The maximum Gasteiger partial charge on any atom is 0.165 e. The minimum Gasteiger partial charge on any atom is -0.505 e. The maximum absolute atomic E-state index is 13.7. The topological polar surface area (TPSA) is 35.5 Å². The van der Waals surface area contributed by atoms with Crippen LogP contribution in [0.15, 0.2) is 35.7 Å². The van der Waals surface area contributed by atoms with Gasteiger partial charge in [-0.1, -0.05) is 12.1 Å². The molecule has 1 aromatic carbocycles. The highest BCUT2D eigenvalue weighted by Crippen LogP contribution is 2.33. The van der Waals surface area contributed by atoms with E-state index in [2.05, 4.69) is 16.3 Å². The van der Waals surface area contributed by atoms with Crippen molar-refractivity contribution in [1.82, 2.24) is 10.2 Å². The van der Waals surface area contributed by atoms with Crippen molar-refractivity contribution < 1.29 is 9.50 Å². The van der Waals surface area contributed by atoms with Gasteiger partial charge in [0.2, 0.25) is 0 Å². The number of benzene rings is 1. The second kappa shape index (κ2) is 7.22. The number of hydrogen-bond donors (Lipinski definition) is 2. The number of thiophene rings is 1. The Labute approximate surface area is 133 Å². The molecule has 0 aliphatic carbocycles. The summed E-state index contributed by atoms with van der Waals surface area (Å²) in [5.74, 6) is -0.849. The van der Waals surface area contributed by atoms with Crippen molar-refractivity contribution in [2.75, 3.05) is 26.2 Å². The number of rotatable bonds is 3. The molecule has 1 aliphatic heterocycles. The lowest BCUT2D eigenvalue weighted by Gasteiger charge is -2.34. The second-order valence-electron chi connectivity index (χ2n) is 4.91. The molecule has 3 rings (SSSR count). The summed E-state index contributed by atoms with van der Waals surface area (Å²) in [5, 5.41) is 14.7. The predicted octanol–water partition coefficient (Wildman–Crippen LogP) is 3.01. The molecule has 1 fully saturated rings. The molecular formula is C15H18ClFN2OS. The first-order valence-electron chi connectivity index (χ1n) is 6.72. The number of nitrogens with zero attached hydrogens (tertiary/aromatic N) is 1. The van der Waals surface area contributed by atoms with Crippen molar-refractivity contribution in [3.8, 4) is 5.75 Å². The summed E-state index contributed by atoms with van der Waals surface area (Å²) in [6.07, 6.45) is 0. The molecule has 2 heterocycles. The Morgan fingerprint density at radius 1 is 1.24 bits per heavy atom. The SMILES string of the molecule is Cl.Oc1ccc([C@H](c2cccs2)N2CCNCC2)cc1F. The monoisotopic (exact) mass is 328 g/mol. The van der Waals surface area contributed by atoms with Crippen LogP contribution in [-0.4, -0.2) is 36.2 Å². The average molecular weight is 329 g/mol. The normalized spacial score (nSPS) is 17.2. The molecule has 3 nitrogen and oxygen atoms in total. The third-order valence-corrected chi connectivity index (χ3v) is 4.54. The van der Waals surface area contributed by atoms with Gasteiger partial charge in [-0.25, -0.2) is 4.39 Å². The highest BCUT2D eigenvalue weighted by molar-refractivity contribution is 7.10. The van der Waals surface area contributed by atoms with E-state index in [0.717, 1.165) is 31.7 Å². The molecule has 0 saturated carbocycles. The van der Waals surface area contributed by atoms with E-state index < -0.39 is 5.82 Å². The Kier molecular flexibility index (Phi) is 5.58. The van der Waals surface area contributed by atoms with Crippen LogP contribution in [0.1, 0.15) is 16.5 Å². The minimum absolute atomic E-state index is 0. The summed E-state index contributed by atoms with van der Waals surface area (Å²) in [5.41, 5.74) is 0.893. The number of phenolic OH excluding ortho intramolecular Hbond substituents is 1. The van der Waals surface area contributed by atoms with Gasteiger partial charge in [-0.2, -0.15) is 0 Å². The van der Waals surface area contributed by atoms with Gasteiger partial charge in [0.05, 0.1) is 6.04 Å². The number of halogens is 2. The van der Waals surface area contributed by atoms with E-state index in [1.807, 2.05) is 17.5 Å². The maximum atomic E-state index is 13.7. The summed E-state index contributed by atoms with van der Waals surface area (Å²) in [6, 6.07) is 8.86. The molecule has 1 atom stereocenters. The first kappa shape index (κ1) is 16.2. The standard InChI is InChI=1S/C15H17FN2OS.ClH/c16-12-10-11(3-4-13(12)19)15(14-2-1-9-20-14)18-7-5-17-6-8-18;/h1-4,9-10,15,17,19H,5-8H2;1H/t15-;/m1./s1. The van der Waals surface area contributed by atoms with E-state index in [1.165, 1.54) is 17.0 Å². The first-order chi connectivity index (χ1) is 9.75. The average Bonchev–Trinajstić information content (AvgIpc) is 2.98. The Hall–Kier alpha value is -1.14. The highest BCUT2D eigenvalue weighted by atomic mass is 35.5. The zero-order chi connectivity index (χ0) is 13.9. The quantitative estimate of drug-likeness (QED) is 0.909. The largest absolute Gasteiger partial charge is 0.505 e. The van der Waals surface area contributed by atoms with E-state index in [1.54, 1.807) is 11.3 Å². The van der Waals surface area contributed by atoms with Crippen LogP contribution in [-0.2, 0) is 0 Å². The fraction of sp³-hybridized carbons (Fsp3) is 0.333. The second-order valence-corrected chi connectivity index (χ2v) is 5.89. The molecule has 0 spiro atoms. The molecule has 2 aromatic rings. The van der Waals surface area contributed by atoms with Crippen LogP contribution < -0.4 is 5.32 Å². The van der Waals surface area contributed by atoms with Crippen molar-refractivity contribution in [3.05, 3.63) is 52.0 Å². The van der Waals surface area contributed by atoms with Crippen LogP contribution >= 0.6 is 23.7 Å². The van der Waals surface area contributed by atoms with Gasteiger partial charge in [0.25, 0.3) is 0 Å². The van der Waals surface area contributed by atoms with Gasteiger partial charge in [0.1, 0.15) is 0 Å². The van der Waals surface area contributed by atoms with Gasteiger partial charge < -0.3 is 10.4 Å². The molecule has 21 heavy (non-hydrogen) atoms. The van der Waals surface area contributed by atoms with Gasteiger partial charge in [-0.3, -0.25) is 4.90 Å². The Morgan fingerprint density at radius 2 is 2.00 bits per heavy atom. The van der Waals surface area contributed by atoms with Gasteiger partial charge in [0.15, 0.2) is 11.6 Å². The molecule has 1 aliphatic rings. The van der Waals surface area contributed by atoms with Gasteiger partial charge in [0, 0.05) is 31.1 Å². The third kappa shape index (κ3) is 3.55. The van der Waals surface area contributed by atoms with Gasteiger partial charge >= 0.3 is 0 Å². The lowest BCUT2D eigenvalue weighted by Crippen LogP contribution is -2.45. The Morgan fingerprint density at radius 3 is 2.62 bits per heavy atom. The third-order valence-electron chi connectivity index (χ3n) is 3.62. The number of aromatic hydroxyl groups is 1. The fourth-order valence-electron chi connectivity index (χ4n) is 2.64. The number of nitrogens with one attached hydrogen (secondary N) is 1. The van der Waals surface area contributed by atoms with E-state index in [0.29, 0.717) is 0 Å². The summed E-state index contributed by atoms with van der Waals surface area (Å²) >= 11 is 1.68. The zero-order valence-corrected chi connectivity index (χ0v) is 13.1. The summed E-state index contributed by atoms with van der Waals surface area (Å²) in [7, 11) is 0. The number of hydrogen-bond acceptors (Lipinski definition) is 4. The van der Waals surface area contributed by atoms with Crippen LogP contribution in [0.4, 0.5) is 4.39 Å². The summed E-state index contributed by atoms with van der Waals surface area (Å²) < 4.78 is 13.7.